The van der Waals surface area contributed by atoms with Gasteiger partial charge in [-0.25, -0.2) is 9.59 Å². The van der Waals surface area contributed by atoms with E-state index in [1.54, 1.807) is 19.1 Å². The Morgan fingerprint density at radius 3 is 2.41 bits per heavy atom. The lowest BCUT2D eigenvalue weighted by Crippen LogP contribution is -2.22. The number of rotatable bonds is 6. The smallest absolute Gasteiger partial charge is 0.341 e. The van der Waals surface area contributed by atoms with E-state index >= 15 is 0 Å². The predicted molar refractivity (Wildman–Crippen MR) is 126 cm³/mol. The Hall–Kier alpha value is -2.67. The van der Waals surface area contributed by atoms with Gasteiger partial charge in [-0.1, -0.05) is 39.8 Å². The van der Waals surface area contributed by atoms with E-state index in [1.807, 2.05) is 12.1 Å². The van der Waals surface area contributed by atoms with Crippen molar-refractivity contribution in [3.8, 4) is 0 Å². The quantitative estimate of drug-likeness (QED) is 0.607. The fourth-order valence-corrected chi connectivity index (χ4v) is 5.16. The molecule has 0 fully saturated rings. The van der Waals surface area contributed by atoms with Gasteiger partial charge in [-0.2, -0.15) is 0 Å². The molecule has 1 atom stereocenters. The van der Waals surface area contributed by atoms with Crippen LogP contribution in [0, 0.1) is 5.92 Å². The molecular formula is C25H31NO5S. The summed E-state index contributed by atoms with van der Waals surface area (Å²) in [5, 5.41) is 3.23. The van der Waals surface area contributed by atoms with Gasteiger partial charge in [-0.15, -0.1) is 11.3 Å². The van der Waals surface area contributed by atoms with Crippen molar-refractivity contribution in [2.45, 2.75) is 59.3 Å². The molecule has 1 aromatic carbocycles. The highest BCUT2D eigenvalue weighted by molar-refractivity contribution is 7.17. The van der Waals surface area contributed by atoms with Crippen LogP contribution in [0.5, 0.6) is 0 Å². The second-order valence-corrected chi connectivity index (χ2v) is 10.3. The summed E-state index contributed by atoms with van der Waals surface area (Å²) in [6.07, 6.45) is 2.66. The molecule has 0 aliphatic heterocycles. The van der Waals surface area contributed by atoms with Gasteiger partial charge in [0.2, 0.25) is 0 Å². The number of nitrogens with one attached hydrogen (secondary N) is 1. The Morgan fingerprint density at radius 1 is 1.09 bits per heavy atom. The molecule has 7 heteroatoms. The maximum absolute atomic E-state index is 12.6. The van der Waals surface area contributed by atoms with E-state index in [9.17, 15) is 14.4 Å². The molecule has 1 unspecified atom stereocenters. The van der Waals surface area contributed by atoms with E-state index in [2.05, 4.69) is 33.0 Å². The van der Waals surface area contributed by atoms with Crippen molar-refractivity contribution in [1.82, 2.24) is 0 Å². The molecule has 0 radical (unpaired) electrons. The summed E-state index contributed by atoms with van der Waals surface area (Å²) in [6, 6.07) is 7.18. The minimum absolute atomic E-state index is 0.0172. The lowest BCUT2D eigenvalue weighted by molar-refractivity contribution is -0.119. The Labute approximate surface area is 193 Å². The molecule has 0 bridgehead atoms. The van der Waals surface area contributed by atoms with Gasteiger partial charge in [-0.3, -0.25) is 4.79 Å². The normalized spacial score (nSPS) is 15.6. The van der Waals surface area contributed by atoms with Gasteiger partial charge < -0.3 is 14.8 Å². The van der Waals surface area contributed by atoms with Crippen LogP contribution in [0.4, 0.5) is 5.00 Å². The third kappa shape index (κ3) is 5.57. The maximum Gasteiger partial charge on any atom is 0.341 e. The molecule has 6 nitrogen and oxygen atoms in total. The minimum Gasteiger partial charge on any atom is -0.462 e. The Morgan fingerprint density at radius 2 is 1.78 bits per heavy atom. The zero-order valence-corrected chi connectivity index (χ0v) is 20.2. The number of hydrogen-bond acceptors (Lipinski definition) is 6. The van der Waals surface area contributed by atoms with Crippen LogP contribution in [0.1, 0.15) is 77.8 Å². The molecule has 1 aliphatic carbocycles. The predicted octanol–water partition coefficient (Wildman–Crippen LogP) is 5.14. The van der Waals surface area contributed by atoms with E-state index in [4.69, 9.17) is 9.47 Å². The summed E-state index contributed by atoms with van der Waals surface area (Å²) in [7, 11) is 0. The first-order chi connectivity index (χ1) is 15.1. The third-order valence-corrected chi connectivity index (χ3v) is 6.73. The zero-order valence-electron chi connectivity index (χ0n) is 19.4. The van der Waals surface area contributed by atoms with Gasteiger partial charge in [0.1, 0.15) is 5.00 Å². The fourth-order valence-electron chi connectivity index (χ4n) is 3.74. The van der Waals surface area contributed by atoms with Crippen LogP contribution in [0.3, 0.4) is 0 Å². The van der Waals surface area contributed by atoms with E-state index < -0.39 is 24.5 Å². The minimum atomic E-state index is -0.564. The highest BCUT2D eigenvalue weighted by atomic mass is 32.1. The number of ether oxygens (including phenoxy) is 2. The van der Waals surface area contributed by atoms with Gasteiger partial charge in [0.15, 0.2) is 6.61 Å². The summed E-state index contributed by atoms with van der Waals surface area (Å²) >= 11 is 1.41. The molecule has 2 aromatic rings. The average Bonchev–Trinajstić information content (AvgIpc) is 3.08. The summed E-state index contributed by atoms with van der Waals surface area (Å²) in [6.45, 7) is 10.1. The van der Waals surface area contributed by atoms with E-state index in [0.29, 0.717) is 22.0 Å². The summed E-state index contributed by atoms with van der Waals surface area (Å²) < 4.78 is 10.4. The summed E-state index contributed by atoms with van der Waals surface area (Å²) in [5.74, 6) is -0.941. The number of amides is 1. The van der Waals surface area contributed by atoms with Gasteiger partial charge in [-0.05, 0) is 60.8 Å². The largest absolute Gasteiger partial charge is 0.462 e. The third-order valence-electron chi connectivity index (χ3n) is 5.57. The van der Waals surface area contributed by atoms with Crippen LogP contribution in [0.25, 0.3) is 0 Å². The molecule has 1 aromatic heterocycles. The highest BCUT2D eigenvalue weighted by Crippen LogP contribution is 2.40. The lowest BCUT2D eigenvalue weighted by Gasteiger charge is -2.18. The topological polar surface area (TPSA) is 81.7 Å². The monoisotopic (exact) mass is 457 g/mol. The molecule has 32 heavy (non-hydrogen) atoms. The Bertz CT molecular complexity index is 1000. The summed E-state index contributed by atoms with van der Waals surface area (Å²) in [5.41, 5.74) is 2.89. The maximum atomic E-state index is 12.6. The van der Waals surface area contributed by atoms with Crippen molar-refractivity contribution in [3.05, 3.63) is 51.4 Å². The first-order valence-corrected chi connectivity index (χ1v) is 11.8. The van der Waals surface area contributed by atoms with Gasteiger partial charge >= 0.3 is 11.9 Å². The Kier molecular flexibility index (Phi) is 7.39. The van der Waals surface area contributed by atoms with Crippen LogP contribution in [0.15, 0.2) is 24.3 Å². The number of benzene rings is 1. The van der Waals surface area contributed by atoms with Crippen molar-refractivity contribution in [2.24, 2.45) is 5.92 Å². The number of fused-ring (bicyclic) bond motifs is 1. The van der Waals surface area contributed by atoms with Crippen molar-refractivity contribution >= 4 is 34.2 Å². The van der Waals surface area contributed by atoms with Crippen LogP contribution < -0.4 is 5.32 Å². The lowest BCUT2D eigenvalue weighted by atomic mass is 9.87. The van der Waals surface area contributed by atoms with Crippen LogP contribution in [-0.4, -0.2) is 31.1 Å². The fraction of sp³-hybridized carbons (Fsp3) is 0.480. The van der Waals surface area contributed by atoms with Crippen LogP contribution >= 0.6 is 11.3 Å². The Balaban J connectivity index is 1.67. The zero-order chi connectivity index (χ0) is 23.5. The number of esters is 2. The average molecular weight is 458 g/mol. The van der Waals surface area contributed by atoms with Crippen molar-refractivity contribution in [2.75, 3.05) is 18.5 Å². The number of anilines is 1. The molecule has 0 saturated carbocycles. The molecule has 3 rings (SSSR count). The molecule has 1 heterocycles. The molecule has 0 saturated heterocycles. The SMILES string of the molecule is CCOC(=O)c1c(NC(=O)COC(=O)c2ccc(C(C)(C)C)cc2)sc2c1CCC(C)C2. The molecular weight excluding hydrogens is 426 g/mol. The second-order valence-electron chi connectivity index (χ2n) is 9.23. The van der Waals surface area contributed by atoms with Crippen molar-refractivity contribution in [1.29, 1.82) is 0 Å². The van der Waals surface area contributed by atoms with Crippen molar-refractivity contribution in [3.63, 3.8) is 0 Å². The molecule has 0 spiro atoms. The second kappa shape index (κ2) is 9.86. The number of carbonyl (C=O) groups excluding carboxylic acids is 3. The van der Waals surface area contributed by atoms with E-state index in [-0.39, 0.29) is 12.0 Å². The number of carbonyl (C=O) groups is 3. The first-order valence-electron chi connectivity index (χ1n) is 11.0. The van der Waals surface area contributed by atoms with Gasteiger partial charge in [0.25, 0.3) is 5.91 Å². The summed E-state index contributed by atoms with van der Waals surface area (Å²) in [4.78, 5) is 38.5. The highest BCUT2D eigenvalue weighted by Gasteiger charge is 2.29. The number of hydrogen-bond donors (Lipinski definition) is 1. The molecule has 1 N–H and O–H groups in total. The molecule has 1 amide bonds. The van der Waals surface area contributed by atoms with Gasteiger partial charge in [0.05, 0.1) is 17.7 Å². The molecule has 172 valence electrons. The van der Waals surface area contributed by atoms with Crippen molar-refractivity contribution < 1.29 is 23.9 Å². The van der Waals surface area contributed by atoms with Gasteiger partial charge in [0, 0.05) is 4.88 Å². The molecule has 1 aliphatic rings. The first kappa shape index (κ1) is 24.0. The number of thiophene rings is 1. The standard InChI is InChI=1S/C25H31NO5S/c1-6-30-24(29)21-18-12-7-15(2)13-19(18)32-22(21)26-20(27)14-31-23(28)16-8-10-17(11-9-16)25(3,4)5/h8-11,15H,6-7,12-14H2,1-5H3,(H,26,27). The van der Waals surface area contributed by atoms with E-state index in [1.165, 1.54) is 11.3 Å². The van der Waals surface area contributed by atoms with Crippen LogP contribution in [-0.2, 0) is 32.5 Å². The van der Waals surface area contributed by atoms with Crippen LogP contribution in [0.2, 0.25) is 0 Å². The van der Waals surface area contributed by atoms with E-state index in [0.717, 1.165) is 35.3 Å².